The number of hydrogen-bond donors (Lipinski definition) is 1. The molecule has 2 rings (SSSR count). The second-order valence-electron chi connectivity index (χ2n) is 4.73. The topological polar surface area (TPSA) is 42.4 Å². The van der Waals surface area contributed by atoms with Gasteiger partial charge in [-0.05, 0) is 31.7 Å². The highest BCUT2D eigenvalue weighted by atomic mass is 16.3. The molecule has 96 valence electrons. The molecule has 0 spiro atoms. The number of furan rings is 1. The molecule has 0 atom stereocenters. The summed E-state index contributed by atoms with van der Waals surface area (Å²) in [7, 11) is 2.09. The van der Waals surface area contributed by atoms with Gasteiger partial charge in [0.25, 0.3) is 0 Å². The van der Waals surface area contributed by atoms with Crippen LogP contribution in [0.25, 0.3) is 0 Å². The van der Waals surface area contributed by atoms with Crippen molar-refractivity contribution in [1.82, 2.24) is 4.90 Å². The van der Waals surface area contributed by atoms with Gasteiger partial charge in [0.2, 0.25) is 0 Å². The van der Waals surface area contributed by atoms with Gasteiger partial charge in [-0.2, -0.15) is 0 Å². The van der Waals surface area contributed by atoms with Crippen molar-refractivity contribution >= 4 is 0 Å². The summed E-state index contributed by atoms with van der Waals surface area (Å²) in [5.74, 6) is 1.81. The quantitative estimate of drug-likeness (QED) is 0.879. The SMILES string of the molecule is Cc1cccc(CN(C)Cc2ccc(CN)o2)c1. The van der Waals surface area contributed by atoms with Crippen molar-refractivity contribution < 1.29 is 4.42 Å². The Hall–Kier alpha value is -1.58. The fourth-order valence-electron chi connectivity index (χ4n) is 2.06. The van der Waals surface area contributed by atoms with Crippen LogP contribution in [0.15, 0.2) is 40.8 Å². The summed E-state index contributed by atoms with van der Waals surface area (Å²) in [4.78, 5) is 2.23. The Morgan fingerprint density at radius 3 is 2.56 bits per heavy atom. The molecule has 3 nitrogen and oxygen atoms in total. The van der Waals surface area contributed by atoms with E-state index in [4.69, 9.17) is 10.2 Å². The lowest BCUT2D eigenvalue weighted by molar-refractivity contribution is 0.284. The highest BCUT2D eigenvalue weighted by Gasteiger charge is 2.05. The lowest BCUT2D eigenvalue weighted by Gasteiger charge is -2.15. The third-order valence-electron chi connectivity index (χ3n) is 2.88. The molecule has 0 aliphatic carbocycles. The Balaban J connectivity index is 1.94. The third-order valence-corrected chi connectivity index (χ3v) is 2.88. The maximum Gasteiger partial charge on any atom is 0.118 e. The van der Waals surface area contributed by atoms with Crippen molar-refractivity contribution in [1.29, 1.82) is 0 Å². The minimum atomic E-state index is 0.460. The number of aryl methyl sites for hydroxylation is 1. The summed E-state index contributed by atoms with van der Waals surface area (Å²) in [6, 6.07) is 12.5. The molecule has 0 radical (unpaired) electrons. The van der Waals surface area contributed by atoms with Crippen LogP contribution in [0.1, 0.15) is 22.6 Å². The van der Waals surface area contributed by atoms with Crippen LogP contribution >= 0.6 is 0 Å². The van der Waals surface area contributed by atoms with Crippen LogP contribution in [0.2, 0.25) is 0 Å². The lowest BCUT2D eigenvalue weighted by Crippen LogP contribution is -2.16. The van der Waals surface area contributed by atoms with Gasteiger partial charge in [-0.25, -0.2) is 0 Å². The van der Waals surface area contributed by atoms with Crippen LogP contribution in [0.4, 0.5) is 0 Å². The second kappa shape index (κ2) is 5.85. The molecule has 0 amide bonds. The molecule has 1 aromatic heterocycles. The highest BCUT2D eigenvalue weighted by molar-refractivity contribution is 5.22. The van der Waals surface area contributed by atoms with E-state index in [-0.39, 0.29) is 0 Å². The van der Waals surface area contributed by atoms with Crippen molar-refractivity contribution in [3.05, 3.63) is 59.0 Å². The number of nitrogens with two attached hydrogens (primary N) is 1. The molecular formula is C15H20N2O. The van der Waals surface area contributed by atoms with Crippen LogP contribution in [-0.2, 0) is 19.6 Å². The van der Waals surface area contributed by atoms with Crippen LogP contribution in [0.3, 0.4) is 0 Å². The van der Waals surface area contributed by atoms with E-state index in [1.807, 2.05) is 12.1 Å². The van der Waals surface area contributed by atoms with E-state index in [1.165, 1.54) is 11.1 Å². The summed E-state index contributed by atoms with van der Waals surface area (Å²) in [6.45, 7) is 4.29. The first-order valence-corrected chi connectivity index (χ1v) is 6.19. The average Bonchev–Trinajstić information content (AvgIpc) is 2.76. The van der Waals surface area contributed by atoms with E-state index in [0.29, 0.717) is 6.54 Å². The Labute approximate surface area is 108 Å². The first-order valence-electron chi connectivity index (χ1n) is 6.19. The first kappa shape index (κ1) is 12.9. The van der Waals surface area contributed by atoms with Crippen LogP contribution in [0, 0.1) is 6.92 Å². The normalized spacial score (nSPS) is 11.1. The first-order chi connectivity index (χ1) is 8.67. The molecule has 3 heteroatoms. The maximum absolute atomic E-state index is 5.60. The molecule has 0 unspecified atom stereocenters. The van der Waals surface area contributed by atoms with Gasteiger partial charge < -0.3 is 10.2 Å². The van der Waals surface area contributed by atoms with E-state index in [2.05, 4.69) is 43.1 Å². The van der Waals surface area contributed by atoms with Crippen LogP contribution < -0.4 is 5.73 Å². The Morgan fingerprint density at radius 1 is 1.11 bits per heavy atom. The fourth-order valence-corrected chi connectivity index (χ4v) is 2.06. The molecule has 0 saturated heterocycles. The van der Waals surface area contributed by atoms with E-state index >= 15 is 0 Å². The number of nitrogens with zero attached hydrogens (tertiary/aromatic N) is 1. The highest BCUT2D eigenvalue weighted by Crippen LogP contribution is 2.12. The summed E-state index contributed by atoms with van der Waals surface area (Å²) < 4.78 is 5.60. The van der Waals surface area contributed by atoms with E-state index in [9.17, 15) is 0 Å². The number of benzene rings is 1. The van der Waals surface area contributed by atoms with Crippen molar-refractivity contribution in [2.45, 2.75) is 26.6 Å². The van der Waals surface area contributed by atoms with E-state index in [0.717, 1.165) is 24.6 Å². The molecule has 18 heavy (non-hydrogen) atoms. The molecule has 0 bridgehead atoms. The summed E-state index contributed by atoms with van der Waals surface area (Å²) in [5, 5.41) is 0. The van der Waals surface area contributed by atoms with Gasteiger partial charge >= 0.3 is 0 Å². The summed E-state index contributed by atoms with van der Waals surface area (Å²) in [5.41, 5.74) is 8.14. The van der Waals surface area contributed by atoms with Crippen molar-refractivity contribution in [3.63, 3.8) is 0 Å². The van der Waals surface area contributed by atoms with Crippen LogP contribution in [-0.4, -0.2) is 11.9 Å². The summed E-state index contributed by atoms with van der Waals surface area (Å²) in [6.07, 6.45) is 0. The molecule has 2 N–H and O–H groups in total. The minimum Gasteiger partial charge on any atom is -0.463 e. The molecule has 1 aromatic carbocycles. The molecule has 0 fully saturated rings. The Bertz CT molecular complexity index is 505. The van der Waals surface area contributed by atoms with Crippen molar-refractivity contribution in [3.8, 4) is 0 Å². The Kier molecular flexibility index (Phi) is 4.18. The van der Waals surface area contributed by atoms with E-state index in [1.54, 1.807) is 0 Å². The van der Waals surface area contributed by atoms with Gasteiger partial charge in [-0.15, -0.1) is 0 Å². The zero-order valence-electron chi connectivity index (χ0n) is 11.0. The second-order valence-corrected chi connectivity index (χ2v) is 4.73. The summed E-state index contributed by atoms with van der Waals surface area (Å²) >= 11 is 0. The predicted molar refractivity (Wildman–Crippen MR) is 72.9 cm³/mol. The van der Waals surface area contributed by atoms with Crippen molar-refractivity contribution in [2.24, 2.45) is 5.73 Å². The van der Waals surface area contributed by atoms with Gasteiger partial charge in [-0.3, -0.25) is 4.90 Å². The fraction of sp³-hybridized carbons (Fsp3) is 0.333. The van der Waals surface area contributed by atoms with Gasteiger partial charge in [0.1, 0.15) is 11.5 Å². The Morgan fingerprint density at radius 2 is 1.89 bits per heavy atom. The van der Waals surface area contributed by atoms with Gasteiger partial charge in [0.15, 0.2) is 0 Å². The third kappa shape index (κ3) is 3.45. The predicted octanol–water partition coefficient (Wildman–Crippen LogP) is 2.68. The molecule has 0 aliphatic rings. The molecule has 0 aliphatic heterocycles. The van der Waals surface area contributed by atoms with Gasteiger partial charge in [0, 0.05) is 6.54 Å². The van der Waals surface area contributed by atoms with E-state index < -0.39 is 0 Å². The zero-order valence-corrected chi connectivity index (χ0v) is 11.0. The number of rotatable bonds is 5. The minimum absolute atomic E-state index is 0.460. The molecule has 1 heterocycles. The maximum atomic E-state index is 5.60. The molecule has 2 aromatic rings. The number of hydrogen-bond acceptors (Lipinski definition) is 3. The zero-order chi connectivity index (χ0) is 13.0. The lowest BCUT2D eigenvalue weighted by atomic mass is 10.1. The standard InChI is InChI=1S/C15H20N2O/c1-12-4-3-5-13(8-12)10-17(2)11-15-7-6-14(9-16)18-15/h3-8H,9-11,16H2,1-2H3. The molecule has 0 saturated carbocycles. The van der Waals surface area contributed by atoms with Crippen molar-refractivity contribution in [2.75, 3.05) is 7.05 Å². The average molecular weight is 244 g/mol. The van der Waals surface area contributed by atoms with Gasteiger partial charge in [-0.1, -0.05) is 29.8 Å². The largest absolute Gasteiger partial charge is 0.463 e. The smallest absolute Gasteiger partial charge is 0.118 e. The molecular weight excluding hydrogens is 224 g/mol. The van der Waals surface area contributed by atoms with Crippen LogP contribution in [0.5, 0.6) is 0 Å². The van der Waals surface area contributed by atoms with Gasteiger partial charge in [0.05, 0.1) is 13.1 Å². The monoisotopic (exact) mass is 244 g/mol.